The number of pyridine rings is 1. The maximum absolute atomic E-state index is 12.7. The van der Waals surface area contributed by atoms with Gasteiger partial charge in [0, 0.05) is 29.4 Å². The van der Waals surface area contributed by atoms with E-state index in [4.69, 9.17) is 0 Å². The molecule has 0 fully saturated rings. The summed E-state index contributed by atoms with van der Waals surface area (Å²) in [5.41, 5.74) is 5.81. The molecule has 0 aliphatic heterocycles. The molecule has 5 heteroatoms. The molecule has 0 unspecified atom stereocenters. The minimum Gasteiger partial charge on any atom is -0.291 e. The Balaban J connectivity index is 1.62. The zero-order valence-corrected chi connectivity index (χ0v) is 15.6. The van der Waals surface area contributed by atoms with Crippen LogP contribution in [0, 0.1) is 6.92 Å². The number of hydrogen-bond donors (Lipinski definition) is 0. The van der Waals surface area contributed by atoms with Gasteiger partial charge in [0.2, 0.25) is 0 Å². The lowest BCUT2D eigenvalue weighted by atomic mass is 10.2. The predicted molar refractivity (Wildman–Crippen MR) is 105 cm³/mol. The van der Waals surface area contributed by atoms with Crippen molar-refractivity contribution < 1.29 is 0 Å². The molecule has 4 nitrogen and oxygen atoms in total. The fraction of sp³-hybridized carbons (Fsp3) is 0.286. The summed E-state index contributed by atoms with van der Waals surface area (Å²) in [6.45, 7) is 2.65. The largest absolute Gasteiger partial charge is 0.349 e. The molecule has 4 rings (SSSR count). The van der Waals surface area contributed by atoms with Gasteiger partial charge in [0.25, 0.3) is 0 Å². The molecule has 0 amide bonds. The average Bonchev–Trinajstić information content (AvgIpc) is 3.13. The number of fused-ring (bicyclic) bond motifs is 1. The van der Waals surface area contributed by atoms with E-state index in [0.717, 1.165) is 41.3 Å². The molecule has 0 atom stereocenters. The van der Waals surface area contributed by atoms with Crippen LogP contribution in [0.2, 0.25) is 0 Å². The fourth-order valence-corrected chi connectivity index (χ4v) is 4.52. The number of benzene rings is 1. The van der Waals surface area contributed by atoms with Crippen LogP contribution in [0.1, 0.15) is 34.4 Å². The molecule has 132 valence electrons. The smallest absolute Gasteiger partial charge is 0.291 e. The van der Waals surface area contributed by atoms with E-state index in [2.05, 4.69) is 41.2 Å². The van der Waals surface area contributed by atoms with E-state index in [0.29, 0.717) is 6.54 Å². The number of aromatic nitrogens is 3. The maximum Gasteiger partial charge on any atom is 0.349 e. The third kappa shape index (κ3) is 3.58. The predicted octanol–water partition coefficient (Wildman–Crippen LogP) is 3.78. The van der Waals surface area contributed by atoms with Crippen LogP contribution in [0.5, 0.6) is 0 Å². The van der Waals surface area contributed by atoms with Crippen LogP contribution in [0.3, 0.4) is 0 Å². The quantitative estimate of drug-likeness (QED) is 0.511. The Labute approximate surface area is 157 Å². The van der Waals surface area contributed by atoms with Crippen molar-refractivity contribution in [3.8, 4) is 0 Å². The molecular formula is C21H21N3OS. The second-order valence-corrected chi connectivity index (χ2v) is 7.67. The highest BCUT2D eigenvalue weighted by molar-refractivity contribution is 7.98. The van der Waals surface area contributed by atoms with Crippen LogP contribution in [-0.2, 0) is 25.1 Å². The summed E-state index contributed by atoms with van der Waals surface area (Å²) in [5, 5.41) is 0.909. The number of aryl methyl sites for hydroxylation is 1. The zero-order chi connectivity index (χ0) is 17.9. The summed E-state index contributed by atoms with van der Waals surface area (Å²) < 4.78 is 1.83. The number of hydrogen-bond acceptors (Lipinski definition) is 4. The standard InChI is InChI=1S/C21H21N3OS/c1-15-5-2-6-16(11-15)14-26-20-18-8-3-9-19(18)24(21(25)23-20)13-17-7-4-10-22-12-17/h2,4-7,10-12H,3,8-9,13-14H2,1H3. The maximum atomic E-state index is 12.7. The van der Waals surface area contributed by atoms with E-state index in [1.165, 1.54) is 16.7 Å². The van der Waals surface area contributed by atoms with Gasteiger partial charge in [-0.15, -0.1) is 11.8 Å². The van der Waals surface area contributed by atoms with Gasteiger partial charge < -0.3 is 0 Å². The topological polar surface area (TPSA) is 47.8 Å². The van der Waals surface area contributed by atoms with Crippen LogP contribution in [0.4, 0.5) is 0 Å². The summed E-state index contributed by atoms with van der Waals surface area (Å²) in [7, 11) is 0. The molecule has 2 aromatic heterocycles. The Morgan fingerprint density at radius 3 is 2.85 bits per heavy atom. The third-order valence-electron chi connectivity index (χ3n) is 4.72. The van der Waals surface area contributed by atoms with Crippen molar-refractivity contribution in [2.45, 2.75) is 43.5 Å². The van der Waals surface area contributed by atoms with E-state index in [1.54, 1.807) is 18.0 Å². The van der Waals surface area contributed by atoms with Gasteiger partial charge in [-0.3, -0.25) is 9.55 Å². The van der Waals surface area contributed by atoms with E-state index in [-0.39, 0.29) is 5.69 Å². The van der Waals surface area contributed by atoms with E-state index in [9.17, 15) is 4.79 Å². The van der Waals surface area contributed by atoms with Gasteiger partial charge in [-0.2, -0.15) is 4.98 Å². The van der Waals surface area contributed by atoms with Gasteiger partial charge in [-0.1, -0.05) is 35.9 Å². The van der Waals surface area contributed by atoms with Crippen LogP contribution >= 0.6 is 11.8 Å². The first kappa shape index (κ1) is 17.0. The lowest BCUT2D eigenvalue weighted by Crippen LogP contribution is -2.27. The minimum atomic E-state index is -0.152. The second kappa shape index (κ2) is 7.46. The molecule has 3 aromatic rings. The Kier molecular flexibility index (Phi) is 4.89. The van der Waals surface area contributed by atoms with Crippen molar-refractivity contribution in [3.63, 3.8) is 0 Å². The summed E-state index contributed by atoms with van der Waals surface area (Å²) in [4.78, 5) is 21.3. The minimum absolute atomic E-state index is 0.152. The Hall–Kier alpha value is -2.40. The molecule has 2 heterocycles. The average molecular weight is 363 g/mol. The molecular weight excluding hydrogens is 342 g/mol. The highest BCUT2D eigenvalue weighted by Crippen LogP contribution is 2.31. The Morgan fingerprint density at radius 1 is 1.15 bits per heavy atom. The molecule has 0 saturated heterocycles. The molecule has 0 radical (unpaired) electrons. The highest BCUT2D eigenvalue weighted by Gasteiger charge is 2.22. The van der Waals surface area contributed by atoms with Crippen LogP contribution in [-0.4, -0.2) is 14.5 Å². The molecule has 26 heavy (non-hydrogen) atoms. The fourth-order valence-electron chi connectivity index (χ4n) is 3.50. The Bertz CT molecular complexity index is 982. The molecule has 0 saturated carbocycles. The summed E-state index contributed by atoms with van der Waals surface area (Å²) >= 11 is 1.68. The first-order valence-corrected chi connectivity index (χ1v) is 9.89. The van der Waals surface area contributed by atoms with Crippen LogP contribution < -0.4 is 5.69 Å². The lowest BCUT2D eigenvalue weighted by molar-refractivity contribution is 0.665. The van der Waals surface area contributed by atoms with E-state index < -0.39 is 0 Å². The van der Waals surface area contributed by atoms with Crippen molar-refractivity contribution in [3.05, 3.63) is 87.2 Å². The van der Waals surface area contributed by atoms with Crippen molar-refractivity contribution in [1.29, 1.82) is 0 Å². The van der Waals surface area contributed by atoms with Gasteiger partial charge in [0.1, 0.15) is 5.03 Å². The molecule has 1 aromatic carbocycles. The van der Waals surface area contributed by atoms with E-state index in [1.807, 2.05) is 22.9 Å². The number of thioether (sulfide) groups is 1. The van der Waals surface area contributed by atoms with Crippen LogP contribution in [0.15, 0.2) is 58.6 Å². The third-order valence-corrected chi connectivity index (χ3v) is 5.81. The molecule has 0 bridgehead atoms. The molecule has 0 N–H and O–H groups in total. The summed E-state index contributed by atoms with van der Waals surface area (Å²) in [5.74, 6) is 0.840. The van der Waals surface area contributed by atoms with E-state index >= 15 is 0 Å². The Morgan fingerprint density at radius 2 is 2.04 bits per heavy atom. The monoisotopic (exact) mass is 363 g/mol. The second-order valence-electron chi connectivity index (χ2n) is 6.70. The van der Waals surface area contributed by atoms with Crippen molar-refractivity contribution in [2.75, 3.05) is 0 Å². The molecule has 1 aliphatic carbocycles. The highest BCUT2D eigenvalue weighted by atomic mass is 32.2. The number of rotatable bonds is 5. The van der Waals surface area contributed by atoms with Gasteiger partial charge in [0.05, 0.1) is 6.54 Å². The normalized spacial score (nSPS) is 13.0. The summed E-state index contributed by atoms with van der Waals surface area (Å²) in [6.07, 6.45) is 6.61. The molecule has 1 aliphatic rings. The van der Waals surface area contributed by atoms with Gasteiger partial charge in [-0.25, -0.2) is 4.79 Å². The van der Waals surface area contributed by atoms with Crippen LogP contribution in [0.25, 0.3) is 0 Å². The first-order valence-electron chi connectivity index (χ1n) is 8.90. The van der Waals surface area contributed by atoms with Crippen molar-refractivity contribution >= 4 is 11.8 Å². The van der Waals surface area contributed by atoms with Crippen molar-refractivity contribution in [1.82, 2.24) is 14.5 Å². The van der Waals surface area contributed by atoms with Crippen molar-refractivity contribution in [2.24, 2.45) is 0 Å². The molecule has 0 spiro atoms. The van der Waals surface area contributed by atoms with Gasteiger partial charge >= 0.3 is 5.69 Å². The first-order chi connectivity index (χ1) is 12.7. The summed E-state index contributed by atoms with van der Waals surface area (Å²) in [6, 6.07) is 12.4. The number of nitrogens with zero attached hydrogens (tertiary/aromatic N) is 3. The SMILES string of the molecule is Cc1cccc(CSc2nc(=O)n(Cc3cccnc3)c3c2CCC3)c1. The lowest BCUT2D eigenvalue weighted by Gasteiger charge is -2.14. The van der Waals surface area contributed by atoms with Gasteiger partial charge in [-0.05, 0) is 43.4 Å². The zero-order valence-electron chi connectivity index (χ0n) is 14.8. The van der Waals surface area contributed by atoms with Gasteiger partial charge in [0.15, 0.2) is 0 Å².